The van der Waals surface area contributed by atoms with Crippen molar-refractivity contribution in [1.29, 1.82) is 0 Å². The van der Waals surface area contributed by atoms with Gasteiger partial charge in [0, 0.05) is 5.56 Å². The molecule has 24 heavy (non-hydrogen) atoms. The highest BCUT2D eigenvalue weighted by Crippen LogP contribution is 2.25. The molecule has 0 aliphatic heterocycles. The number of amides is 1. The summed E-state index contributed by atoms with van der Waals surface area (Å²) in [6.07, 6.45) is 0.667. The highest BCUT2D eigenvalue weighted by molar-refractivity contribution is 5.94. The van der Waals surface area contributed by atoms with Crippen molar-refractivity contribution >= 4 is 5.91 Å². The van der Waals surface area contributed by atoms with Crippen molar-refractivity contribution in [1.82, 2.24) is 0 Å². The van der Waals surface area contributed by atoms with Gasteiger partial charge in [0.1, 0.15) is 5.75 Å². The third kappa shape index (κ3) is 3.30. The van der Waals surface area contributed by atoms with Crippen LogP contribution in [0.15, 0.2) is 66.7 Å². The van der Waals surface area contributed by atoms with E-state index in [2.05, 4.69) is 25.1 Å². The average molecular weight is 317 g/mol. The first-order chi connectivity index (χ1) is 11.5. The third-order valence-electron chi connectivity index (χ3n) is 4.21. The van der Waals surface area contributed by atoms with Gasteiger partial charge in [0.15, 0.2) is 0 Å². The summed E-state index contributed by atoms with van der Waals surface area (Å²) in [5.41, 5.74) is 11.4. The van der Waals surface area contributed by atoms with Gasteiger partial charge >= 0.3 is 0 Å². The van der Waals surface area contributed by atoms with Gasteiger partial charge in [0.05, 0.1) is 0 Å². The van der Waals surface area contributed by atoms with E-state index in [0.29, 0.717) is 12.0 Å². The summed E-state index contributed by atoms with van der Waals surface area (Å²) in [7, 11) is 0. The van der Waals surface area contributed by atoms with E-state index in [1.54, 1.807) is 18.2 Å². The molecule has 0 saturated heterocycles. The van der Waals surface area contributed by atoms with Gasteiger partial charge in [-0.2, -0.15) is 0 Å². The van der Waals surface area contributed by atoms with Crippen molar-refractivity contribution in [3.05, 3.63) is 89.0 Å². The highest BCUT2D eigenvalue weighted by Gasteiger charge is 2.10. The quantitative estimate of drug-likeness (QED) is 0.762. The number of aromatic hydroxyl groups is 1. The van der Waals surface area contributed by atoms with E-state index in [-0.39, 0.29) is 5.75 Å². The lowest BCUT2D eigenvalue weighted by atomic mass is 9.94. The Morgan fingerprint density at radius 1 is 0.917 bits per heavy atom. The summed E-state index contributed by atoms with van der Waals surface area (Å²) in [6, 6.07) is 20.9. The number of primary amides is 1. The van der Waals surface area contributed by atoms with E-state index in [0.717, 1.165) is 27.8 Å². The Labute approximate surface area is 141 Å². The summed E-state index contributed by atoms with van der Waals surface area (Å²) >= 11 is 0. The molecule has 0 aromatic heterocycles. The fraction of sp³-hybridized carbons (Fsp3) is 0.0952. The summed E-state index contributed by atoms with van der Waals surface area (Å²) in [4.78, 5) is 11.6. The molecule has 3 N–H and O–H groups in total. The van der Waals surface area contributed by atoms with Gasteiger partial charge in [0.25, 0.3) is 0 Å². The molecule has 3 nitrogen and oxygen atoms in total. The number of hydrogen-bond acceptors (Lipinski definition) is 2. The van der Waals surface area contributed by atoms with Crippen LogP contribution in [-0.2, 0) is 6.42 Å². The summed E-state index contributed by atoms with van der Waals surface area (Å²) in [6.45, 7) is 2.06. The third-order valence-corrected chi connectivity index (χ3v) is 4.21. The number of rotatable bonds is 4. The maximum absolute atomic E-state index is 11.6. The molecule has 0 radical (unpaired) electrons. The molecular weight excluding hydrogens is 298 g/mol. The van der Waals surface area contributed by atoms with Gasteiger partial charge in [-0.05, 0) is 59.4 Å². The van der Waals surface area contributed by atoms with Gasteiger partial charge < -0.3 is 10.8 Å². The Morgan fingerprint density at radius 2 is 1.58 bits per heavy atom. The predicted octanol–water partition coefficient (Wildman–Crippen LogP) is 4.06. The van der Waals surface area contributed by atoms with Gasteiger partial charge in [-0.15, -0.1) is 0 Å². The standard InChI is InChI=1S/C21H19NO2/c1-14-12-17(15-8-10-19(23)11-9-15)7-6-16(14)13-18-4-2-3-5-20(18)21(22)24/h2-12,23H,13H2,1H3,(H2,22,24). The monoisotopic (exact) mass is 317 g/mol. The number of nitrogens with two attached hydrogens (primary N) is 1. The van der Waals surface area contributed by atoms with Crippen molar-refractivity contribution in [3.8, 4) is 16.9 Å². The Bertz CT molecular complexity index is 883. The molecule has 0 fully saturated rings. The topological polar surface area (TPSA) is 63.3 Å². The number of phenols is 1. The second-order valence-electron chi connectivity index (χ2n) is 5.89. The lowest BCUT2D eigenvalue weighted by Crippen LogP contribution is -2.13. The van der Waals surface area contributed by atoms with Gasteiger partial charge in [0.2, 0.25) is 5.91 Å². The van der Waals surface area contributed by atoms with Crippen LogP contribution in [0.5, 0.6) is 5.75 Å². The molecule has 3 aromatic rings. The largest absolute Gasteiger partial charge is 0.508 e. The number of aryl methyl sites for hydroxylation is 1. The molecule has 0 aliphatic carbocycles. The van der Waals surface area contributed by atoms with E-state index < -0.39 is 5.91 Å². The normalized spacial score (nSPS) is 10.5. The van der Waals surface area contributed by atoms with Crippen LogP contribution in [0.25, 0.3) is 11.1 Å². The first-order valence-corrected chi connectivity index (χ1v) is 7.81. The molecule has 0 spiro atoms. The smallest absolute Gasteiger partial charge is 0.248 e. The van der Waals surface area contributed by atoms with E-state index in [9.17, 15) is 9.90 Å². The molecule has 3 aromatic carbocycles. The van der Waals surface area contributed by atoms with Crippen LogP contribution in [0.3, 0.4) is 0 Å². The fourth-order valence-corrected chi connectivity index (χ4v) is 2.85. The predicted molar refractivity (Wildman–Crippen MR) is 96.0 cm³/mol. The molecule has 120 valence electrons. The number of carbonyl (C=O) groups is 1. The van der Waals surface area contributed by atoms with E-state index >= 15 is 0 Å². The van der Waals surface area contributed by atoms with Gasteiger partial charge in [-0.3, -0.25) is 4.79 Å². The lowest BCUT2D eigenvalue weighted by molar-refractivity contribution is 0.0999. The molecule has 0 unspecified atom stereocenters. The fourth-order valence-electron chi connectivity index (χ4n) is 2.85. The second-order valence-corrected chi connectivity index (χ2v) is 5.89. The van der Waals surface area contributed by atoms with Crippen molar-refractivity contribution in [3.63, 3.8) is 0 Å². The molecule has 0 atom stereocenters. The maximum Gasteiger partial charge on any atom is 0.248 e. The van der Waals surface area contributed by atoms with Crippen molar-refractivity contribution < 1.29 is 9.90 Å². The number of carbonyl (C=O) groups excluding carboxylic acids is 1. The van der Waals surface area contributed by atoms with Crippen LogP contribution in [0, 0.1) is 6.92 Å². The zero-order valence-corrected chi connectivity index (χ0v) is 13.5. The van der Waals surface area contributed by atoms with Gasteiger partial charge in [-0.25, -0.2) is 0 Å². The Morgan fingerprint density at radius 3 is 2.25 bits per heavy atom. The number of benzene rings is 3. The molecule has 0 heterocycles. The molecule has 3 heteroatoms. The Balaban J connectivity index is 1.91. The molecule has 1 amide bonds. The molecule has 0 saturated carbocycles. The van der Waals surface area contributed by atoms with Crippen LogP contribution in [0.4, 0.5) is 0 Å². The van der Waals surface area contributed by atoms with Crippen molar-refractivity contribution in [2.24, 2.45) is 5.73 Å². The first-order valence-electron chi connectivity index (χ1n) is 7.81. The molecular formula is C21H19NO2. The van der Waals surface area contributed by atoms with Crippen molar-refractivity contribution in [2.75, 3.05) is 0 Å². The van der Waals surface area contributed by atoms with Crippen LogP contribution < -0.4 is 5.73 Å². The summed E-state index contributed by atoms with van der Waals surface area (Å²) in [5.74, 6) is -0.140. The maximum atomic E-state index is 11.6. The summed E-state index contributed by atoms with van der Waals surface area (Å²) in [5, 5.41) is 9.40. The summed E-state index contributed by atoms with van der Waals surface area (Å²) < 4.78 is 0. The van der Waals surface area contributed by atoms with Crippen LogP contribution in [-0.4, -0.2) is 11.0 Å². The van der Waals surface area contributed by atoms with E-state index in [1.807, 2.05) is 30.3 Å². The highest BCUT2D eigenvalue weighted by atomic mass is 16.3. The second kappa shape index (κ2) is 6.59. The Kier molecular flexibility index (Phi) is 4.34. The zero-order chi connectivity index (χ0) is 17.1. The molecule has 0 bridgehead atoms. The van der Waals surface area contributed by atoms with Crippen molar-refractivity contribution in [2.45, 2.75) is 13.3 Å². The zero-order valence-electron chi connectivity index (χ0n) is 13.5. The Hall–Kier alpha value is -3.07. The number of hydrogen-bond donors (Lipinski definition) is 2. The molecule has 0 aliphatic rings. The lowest BCUT2D eigenvalue weighted by Gasteiger charge is -2.11. The average Bonchev–Trinajstić information content (AvgIpc) is 2.58. The first kappa shape index (κ1) is 15.8. The molecule has 3 rings (SSSR count). The van der Waals surface area contributed by atoms with E-state index in [4.69, 9.17) is 5.73 Å². The SMILES string of the molecule is Cc1cc(-c2ccc(O)cc2)ccc1Cc1ccccc1C(N)=O. The van der Waals surface area contributed by atoms with Crippen LogP contribution in [0.2, 0.25) is 0 Å². The minimum Gasteiger partial charge on any atom is -0.508 e. The minimum absolute atomic E-state index is 0.259. The van der Waals surface area contributed by atoms with Crippen LogP contribution in [0.1, 0.15) is 27.0 Å². The van der Waals surface area contributed by atoms with Gasteiger partial charge in [-0.1, -0.05) is 48.5 Å². The van der Waals surface area contributed by atoms with Crippen LogP contribution >= 0.6 is 0 Å². The minimum atomic E-state index is -0.399. The number of phenolic OH excluding ortho intramolecular Hbond substituents is 1. The van der Waals surface area contributed by atoms with E-state index in [1.165, 1.54) is 0 Å².